The summed E-state index contributed by atoms with van der Waals surface area (Å²) in [5.41, 5.74) is 0.266. The maximum atomic E-state index is 12.0. The summed E-state index contributed by atoms with van der Waals surface area (Å²) >= 11 is 0. The van der Waals surface area contributed by atoms with Gasteiger partial charge in [-0.3, -0.25) is 9.59 Å². The number of carbonyl (C=O) groups is 2. The van der Waals surface area contributed by atoms with E-state index in [2.05, 4.69) is 10.6 Å². The second kappa shape index (κ2) is 4.98. The van der Waals surface area contributed by atoms with E-state index in [1.165, 1.54) is 12.1 Å². The lowest BCUT2D eigenvalue weighted by Gasteiger charge is -2.28. The third-order valence-corrected chi connectivity index (χ3v) is 3.93. The van der Waals surface area contributed by atoms with E-state index < -0.39 is 27.2 Å². The molecule has 1 aromatic carbocycles. The first-order chi connectivity index (χ1) is 8.89. The van der Waals surface area contributed by atoms with Gasteiger partial charge < -0.3 is 10.6 Å². The van der Waals surface area contributed by atoms with Crippen LogP contribution in [0, 0.1) is 0 Å². The summed E-state index contributed by atoms with van der Waals surface area (Å²) in [4.78, 5) is 23.1. The third-order valence-electron chi connectivity index (χ3n) is 2.78. The van der Waals surface area contributed by atoms with E-state index in [0.717, 1.165) is 0 Å². The van der Waals surface area contributed by atoms with Crippen LogP contribution >= 0.6 is 0 Å². The summed E-state index contributed by atoms with van der Waals surface area (Å²) in [6, 6.07) is 7.21. The van der Waals surface area contributed by atoms with E-state index in [0.29, 0.717) is 0 Å². The third kappa shape index (κ3) is 2.91. The number of benzene rings is 1. The standard InChI is InChI=1S/C11H13N3O4S/c12-19(17,18)9(7-4-2-1-3-5-7)11(16)14-8-6-13-10(8)15/h1-5,8-9H,6H2,(H,13,15)(H,14,16)(H2,12,17,18). The largest absolute Gasteiger partial charge is 0.352 e. The Labute approximate surface area is 110 Å². The molecule has 1 aliphatic heterocycles. The molecular formula is C11H13N3O4S. The molecule has 2 unspecified atom stereocenters. The van der Waals surface area contributed by atoms with Crippen molar-refractivity contribution in [3.8, 4) is 0 Å². The summed E-state index contributed by atoms with van der Waals surface area (Å²) in [5, 5.41) is 8.39. The Morgan fingerprint density at radius 3 is 2.42 bits per heavy atom. The maximum Gasteiger partial charge on any atom is 0.245 e. The number of rotatable bonds is 4. The molecule has 4 N–H and O–H groups in total. The smallest absolute Gasteiger partial charge is 0.245 e. The average Bonchev–Trinajstić information content (AvgIpc) is 2.34. The number of hydrogen-bond acceptors (Lipinski definition) is 4. The number of carbonyl (C=O) groups excluding carboxylic acids is 2. The summed E-state index contributed by atoms with van der Waals surface area (Å²) in [5.74, 6) is -1.14. The van der Waals surface area contributed by atoms with Crippen LogP contribution in [0.3, 0.4) is 0 Å². The normalized spacial score (nSPS) is 20.1. The van der Waals surface area contributed by atoms with Crippen LogP contribution in [-0.2, 0) is 19.6 Å². The summed E-state index contributed by atoms with van der Waals surface area (Å²) in [7, 11) is -4.11. The first-order valence-electron chi connectivity index (χ1n) is 5.54. The Morgan fingerprint density at radius 1 is 1.37 bits per heavy atom. The van der Waals surface area contributed by atoms with Crippen molar-refractivity contribution in [2.75, 3.05) is 6.54 Å². The maximum absolute atomic E-state index is 12.0. The van der Waals surface area contributed by atoms with E-state index in [1.54, 1.807) is 18.2 Å². The van der Waals surface area contributed by atoms with E-state index in [9.17, 15) is 18.0 Å². The second-order valence-corrected chi connectivity index (χ2v) is 5.84. The highest BCUT2D eigenvalue weighted by atomic mass is 32.2. The van der Waals surface area contributed by atoms with Gasteiger partial charge in [0.05, 0.1) is 0 Å². The van der Waals surface area contributed by atoms with Crippen LogP contribution in [0.1, 0.15) is 10.8 Å². The van der Waals surface area contributed by atoms with Crippen LogP contribution in [0.4, 0.5) is 0 Å². The Kier molecular flexibility index (Phi) is 3.54. The number of primary sulfonamides is 1. The van der Waals surface area contributed by atoms with Gasteiger partial charge >= 0.3 is 0 Å². The minimum absolute atomic E-state index is 0.266. The molecule has 1 aromatic rings. The lowest BCUT2D eigenvalue weighted by molar-refractivity contribution is -0.133. The zero-order valence-corrected chi connectivity index (χ0v) is 10.7. The zero-order valence-electron chi connectivity index (χ0n) is 9.87. The SMILES string of the molecule is NS(=O)(=O)C(C(=O)NC1CNC1=O)c1ccccc1. The van der Waals surface area contributed by atoms with Crippen molar-refractivity contribution in [2.24, 2.45) is 5.14 Å². The van der Waals surface area contributed by atoms with Gasteiger partial charge in [-0.2, -0.15) is 0 Å². The molecule has 8 heteroatoms. The number of β-lactam (4-membered cyclic amide) rings is 1. The molecule has 19 heavy (non-hydrogen) atoms. The molecular weight excluding hydrogens is 270 g/mol. The van der Waals surface area contributed by atoms with Crippen LogP contribution in [0.15, 0.2) is 30.3 Å². The number of hydrogen-bond donors (Lipinski definition) is 3. The van der Waals surface area contributed by atoms with Gasteiger partial charge in [-0.05, 0) is 5.56 Å². The number of sulfonamides is 1. The highest BCUT2D eigenvalue weighted by Crippen LogP contribution is 2.20. The van der Waals surface area contributed by atoms with Gasteiger partial charge in [-0.25, -0.2) is 13.6 Å². The molecule has 0 saturated carbocycles. The van der Waals surface area contributed by atoms with Crippen molar-refractivity contribution < 1.29 is 18.0 Å². The van der Waals surface area contributed by atoms with Gasteiger partial charge in [0.15, 0.2) is 5.25 Å². The molecule has 0 spiro atoms. The van der Waals surface area contributed by atoms with Gasteiger partial charge in [-0.1, -0.05) is 30.3 Å². The van der Waals surface area contributed by atoms with Crippen LogP contribution < -0.4 is 15.8 Å². The molecule has 2 amide bonds. The molecule has 1 fully saturated rings. The number of nitrogens with two attached hydrogens (primary N) is 1. The van der Waals surface area contributed by atoms with Crippen LogP contribution in [0.25, 0.3) is 0 Å². The minimum Gasteiger partial charge on any atom is -0.352 e. The summed E-state index contributed by atoms with van der Waals surface area (Å²) in [6.45, 7) is 0.288. The van der Waals surface area contributed by atoms with Crippen molar-refractivity contribution in [2.45, 2.75) is 11.3 Å². The minimum atomic E-state index is -4.11. The molecule has 0 aromatic heterocycles. The predicted molar refractivity (Wildman–Crippen MR) is 67.2 cm³/mol. The first kappa shape index (κ1) is 13.5. The summed E-state index contributed by atoms with van der Waals surface area (Å²) < 4.78 is 23.1. The lowest BCUT2D eigenvalue weighted by Crippen LogP contribution is -2.62. The van der Waals surface area contributed by atoms with E-state index in [4.69, 9.17) is 5.14 Å². The molecule has 0 radical (unpaired) electrons. The molecule has 2 atom stereocenters. The fraction of sp³-hybridized carbons (Fsp3) is 0.273. The fourth-order valence-electron chi connectivity index (χ4n) is 1.77. The topological polar surface area (TPSA) is 118 Å². The zero-order chi connectivity index (χ0) is 14.0. The Balaban J connectivity index is 2.24. The van der Waals surface area contributed by atoms with E-state index >= 15 is 0 Å². The average molecular weight is 283 g/mol. The molecule has 7 nitrogen and oxygen atoms in total. The Bertz CT molecular complexity index is 600. The van der Waals surface area contributed by atoms with Crippen molar-refractivity contribution in [3.63, 3.8) is 0 Å². The van der Waals surface area contributed by atoms with Crippen LogP contribution in [-0.4, -0.2) is 32.8 Å². The molecule has 1 aliphatic rings. The van der Waals surface area contributed by atoms with Gasteiger partial charge in [0.25, 0.3) is 0 Å². The van der Waals surface area contributed by atoms with Gasteiger partial charge in [-0.15, -0.1) is 0 Å². The molecule has 1 heterocycles. The predicted octanol–water partition coefficient (Wildman–Crippen LogP) is -1.37. The molecule has 102 valence electrons. The molecule has 2 rings (SSSR count). The molecule has 0 aliphatic carbocycles. The molecule has 1 saturated heterocycles. The highest BCUT2D eigenvalue weighted by molar-refractivity contribution is 7.90. The summed E-state index contributed by atoms with van der Waals surface area (Å²) in [6.07, 6.45) is 0. The highest BCUT2D eigenvalue weighted by Gasteiger charge is 2.36. The number of amides is 2. The fourth-order valence-corrected chi connectivity index (χ4v) is 2.67. The van der Waals surface area contributed by atoms with Crippen molar-refractivity contribution >= 4 is 21.8 Å². The monoisotopic (exact) mass is 283 g/mol. The van der Waals surface area contributed by atoms with E-state index in [-0.39, 0.29) is 18.0 Å². The lowest BCUT2D eigenvalue weighted by atomic mass is 10.1. The second-order valence-electron chi connectivity index (χ2n) is 4.19. The van der Waals surface area contributed by atoms with Gasteiger partial charge in [0.1, 0.15) is 6.04 Å². The Hall–Kier alpha value is -1.93. The van der Waals surface area contributed by atoms with Crippen molar-refractivity contribution in [1.82, 2.24) is 10.6 Å². The van der Waals surface area contributed by atoms with Crippen molar-refractivity contribution in [1.29, 1.82) is 0 Å². The van der Waals surface area contributed by atoms with Crippen molar-refractivity contribution in [3.05, 3.63) is 35.9 Å². The number of nitrogens with one attached hydrogen (secondary N) is 2. The Morgan fingerprint density at radius 2 is 2.00 bits per heavy atom. The quantitative estimate of drug-likeness (QED) is 0.591. The molecule has 0 bridgehead atoms. The van der Waals surface area contributed by atoms with Crippen LogP contribution in [0.5, 0.6) is 0 Å². The first-order valence-corrected chi connectivity index (χ1v) is 7.15. The van der Waals surface area contributed by atoms with Gasteiger partial charge in [0, 0.05) is 6.54 Å². The van der Waals surface area contributed by atoms with E-state index in [1.807, 2.05) is 0 Å². The van der Waals surface area contributed by atoms with Gasteiger partial charge in [0.2, 0.25) is 21.8 Å². The van der Waals surface area contributed by atoms with Crippen LogP contribution in [0.2, 0.25) is 0 Å².